The summed E-state index contributed by atoms with van der Waals surface area (Å²) in [5, 5.41) is 17.8. The first-order valence-corrected chi connectivity index (χ1v) is 11.1. The number of benzene rings is 1. The lowest BCUT2D eigenvalue weighted by molar-refractivity contribution is -0.173. The SMILES string of the molecule is CCc1cccc(Nc2cnn(C34CC5CC(CC(C(=O)O)(C5)C3)C4)c(=O)c2Cl)c1. The van der Waals surface area contributed by atoms with Gasteiger partial charge in [-0.2, -0.15) is 5.10 Å². The third-order valence-electron chi connectivity index (χ3n) is 7.47. The fraction of sp³-hybridized carbons (Fsp3) is 0.522. The molecule has 0 radical (unpaired) electrons. The zero-order valence-electron chi connectivity index (χ0n) is 17.0. The predicted octanol–water partition coefficient (Wildman–Crippen LogP) is 4.58. The molecule has 4 aliphatic rings. The van der Waals surface area contributed by atoms with Gasteiger partial charge in [0.1, 0.15) is 5.02 Å². The molecule has 2 unspecified atom stereocenters. The van der Waals surface area contributed by atoms with Gasteiger partial charge < -0.3 is 10.4 Å². The second kappa shape index (κ2) is 6.84. The van der Waals surface area contributed by atoms with Crippen molar-refractivity contribution in [3.05, 3.63) is 51.4 Å². The van der Waals surface area contributed by atoms with Gasteiger partial charge in [0, 0.05) is 5.69 Å². The van der Waals surface area contributed by atoms with Crippen molar-refractivity contribution in [2.45, 2.75) is 57.4 Å². The number of aliphatic carboxylic acids is 1. The van der Waals surface area contributed by atoms with Gasteiger partial charge in [-0.05, 0) is 74.5 Å². The molecule has 0 saturated heterocycles. The quantitative estimate of drug-likeness (QED) is 0.729. The number of anilines is 2. The van der Waals surface area contributed by atoms with E-state index in [4.69, 9.17) is 11.6 Å². The van der Waals surface area contributed by atoms with Gasteiger partial charge in [-0.15, -0.1) is 0 Å². The third-order valence-corrected chi connectivity index (χ3v) is 7.83. The Morgan fingerprint density at radius 3 is 2.70 bits per heavy atom. The standard InChI is InChI=1S/C23H26ClN3O3/c1-2-14-4-3-5-17(7-14)26-18-12-25-27(20(28)19(18)24)23-10-15-6-16(11-23)9-22(8-15,13-23)21(29)30/h3-5,7,12,15-16,26H,2,6,8-11,13H2,1H3,(H,29,30). The maximum atomic E-state index is 13.3. The van der Waals surface area contributed by atoms with E-state index < -0.39 is 16.9 Å². The Morgan fingerprint density at radius 2 is 2.03 bits per heavy atom. The molecule has 6 rings (SSSR count). The topological polar surface area (TPSA) is 84.2 Å². The number of carboxylic acids is 1. The molecule has 1 aromatic carbocycles. The molecule has 2 atom stereocenters. The van der Waals surface area contributed by atoms with Crippen molar-refractivity contribution in [1.82, 2.24) is 9.78 Å². The van der Waals surface area contributed by atoms with Crippen LogP contribution in [0.1, 0.15) is 51.0 Å². The summed E-state index contributed by atoms with van der Waals surface area (Å²) >= 11 is 6.51. The molecule has 4 bridgehead atoms. The number of carbonyl (C=O) groups is 1. The van der Waals surface area contributed by atoms with Gasteiger partial charge in [-0.1, -0.05) is 30.7 Å². The van der Waals surface area contributed by atoms with Crippen molar-refractivity contribution >= 4 is 28.9 Å². The molecule has 1 heterocycles. The van der Waals surface area contributed by atoms with E-state index in [9.17, 15) is 14.7 Å². The van der Waals surface area contributed by atoms with Gasteiger partial charge in [0.05, 0.1) is 22.8 Å². The predicted molar refractivity (Wildman–Crippen MR) is 115 cm³/mol. The molecule has 158 valence electrons. The molecule has 30 heavy (non-hydrogen) atoms. The fourth-order valence-corrected chi connectivity index (χ4v) is 6.77. The Labute approximate surface area is 180 Å². The van der Waals surface area contributed by atoms with Crippen LogP contribution in [0, 0.1) is 17.3 Å². The molecule has 0 aliphatic heterocycles. The number of aryl methyl sites for hydroxylation is 1. The van der Waals surface area contributed by atoms with Crippen LogP contribution in [0.15, 0.2) is 35.3 Å². The van der Waals surface area contributed by atoms with E-state index in [1.54, 1.807) is 6.20 Å². The van der Waals surface area contributed by atoms with Crippen molar-refractivity contribution in [3.8, 4) is 0 Å². The fourth-order valence-electron chi connectivity index (χ4n) is 6.59. The normalized spacial score (nSPS) is 31.7. The van der Waals surface area contributed by atoms with Gasteiger partial charge in [-0.3, -0.25) is 9.59 Å². The number of nitrogens with one attached hydrogen (secondary N) is 1. The first kappa shape index (κ1) is 19.6. The van der Waals surface area contributed by atoms with Gasteiger partial charge in [-0.25, -0.2) is 4.68 Å². The number of halogens is 1. The van der Waals surface area contributed by atoms with Crippen molar-refractivity contribution in [2.75, 3.05) is 5.32 Å². The highest BCUT2D eigenvalue weighted by molar-refractivity contribution is 6.33. The summed E-state index contributed by atoms with van der Waals surface area (Å²) < 4.78 is 1.51. The van der Waals surface area contributed by atoms with Gasteiger partial charge in [0.15, 0.2) is 0 Å². The molecule has 4 saturated carbocycles. The lowest BCUT2D eigenvalue weighted by atomic mass is 9.47. The molecular weight excluding hydrogens is 402 g/mol. The van der Waals surface area contributed by atoms with Crippen LogP contribution in [0.25, 0.3) is 0 Å². The highest BCUT2D eigenvalue weighted by atomic mass is 35.5. The Bertz CT molecular complexity index is 1070. The summed E-state index contributed by atoms with van der Waals surface area (Å²) in [6.07, 6.45) is 7.12. The molecule has 0 amide bonds. The summed E-state index contributed by atoms with van der Waals surface area (Å²) in [7, 11) is 0. The van der Waals surface area contributed by atoms with Crippen LogP contribution in [0.4, 0.5) is 11.4 Å². The summed E-state index contributed by atoms with van der Waals surface area (Å²) in [5.74, 6) is -0.0527. The van der Waals surface area contributed by atoms with Crippen LogP contribution in [0.3, 0.4) is 0 Å². The van der Waals surface area contributed by atoms with Crippen molar-refractivity contribution < 1.29 is 9.90 Å². The van der Waals surface area contributed by atoms with Crippen LogP contribution in [0.2, 0.25) is 5.02 Å². The number of carboxylic acid groups (broad SMARTS) is 1. The average molecular weight is 428 g/mol. The van der Waals surface area contributed by atoms with Crippen molar-refractivity contribution in [3.63, 3.8) is 0 Å². The van der Waals surface area contributed by atoms with Crippen LogP contribution in [0.5, 0.6) is 0 Å². The Kier molecular flexibility index (Phi) is 4.47. The molecular formula is C23H26ClN3O3. The lowest BCUT2D eigenvalue weighted by Crippen LogP contribution is -2.61. The monoisotopic (exact) mass is 427 g/mol. The van der Waals surface area contributed by atoms with E-state index in [0.717, 1.165) is 44.2 Å². The van der Waals surface area contributed by atoms with Gasteiger partial charge in [0.2, 0.25) is 0 Å². The van der Waals surface area contributed by atoms with E-state index in [1.807, 2.05) is 24.3 Å². The van der Waals surface area contributed by atoms with Crippen LogP contribution >= 0.6 is 11.6 Å². The summed E-state index contributed by atoms with van der Waals surface area (Å²) in [6.45, 7) is 2.09. The largest absolute Gasteiger partial charge is 0.481 e. The maximum absolute atomic E-state index is 13.3. The maximum Gasteiger partial charge on any atom is 0.309 e. The second-order valence-electron chi connectivity index (χ2n) is 9.54. The molecule has 4 aliphatic carbocycles. The highest BCUT2D eigenvalue weighted by Crippen LogP contribution is 2.63. The van der Waals surface area contributed by atoms with Crippen molar-refractivity contribution in [2.24, 2.45) is 17.3 Å². The van der Waals surface area contributed by atoms with Crippen molar-refractivity contribution in [1.29, 1.82) is 0 Å². The molecule has 4 fully saturated rings. The lowest BCUT2D eigenvalue weighted by Gasteiger charge is -2.60. The number of rotatable bonds is 5. The van der Waals surface area contributed by atoms with E-state index in [0.29, 0.717) is 23.9 Å². The molecule has 0 spiro atoms. The Balaban J connectivity index is 1.51. The van der Waals surface area contributed by atoms with Gasteiger partial charge >= 0.3 is 5.97 Å². The molecule has 6 nitrogen and oxygen atoms in total. The molecule has 2 aromatic rings. The number of hydrogen-bond donors (Lipinski definition) is 2. The molecule has 7 heteroatoms. The first-order chi connectivity index (χ1) is 14.3. The molecule has 1 aromatic heterocycles. The molecule has 2 N–H and O–H groups in total. The van der Waals surface area contributed by atoms with E-state index in [1.165, 1.54) is 10.2 Å². The third kappa shape index (κ3) is 2.96. The first-order valence-electron chi connectivity index (χ1n) is 10.7. The zero-order chi connectivity index (χ0) is 21.1. The van der Waals surface area contributed by atoms with E-state index >= 15 is 0 Å². The Hall–Kier alpha value is -2.34. The van der Waals surface area contributed by atoms with E-state index in [2.05, 4.69) is 17.3 Å². The van der Waals surface area contributed by atoms with Crippen LogP contribution < -0.4 is 10.9 Å². The summed E-state index contributed by atoms with van der Waals surface area (Å²) in [6, 6.07) is 7.97. The minimum atomic E-state index is -0.728. The minimum Gasteiger partial charge on any atom is -0.481 e. The van der Waals surface area contributed by atoms with Crippen LogP contribution in [-0.4, -0.2) is 20.9 Å². The van der Waals surface area contributed by atoms with E-state index in [-0.39, 0.29) is 10.6 Å². The second-order valence-corrected chi connectivity index (χ2v) is 9.92. The zero-order valence-corrected chi connectivity index (χ0v) is 17.8. The highest BCUT2D eigenvalue weighted by Gasteiger charge is 2.62. The summed E-state index contributed by atoms with van der Waals surface area (Å²) in [4.78, 5) is 25.4. The number of hydrogen-bond acceptors (Lipinski definition) is 4. The smallest absolute Gasteiger partial charge is 0.309 e. The number of nitrogens with zero attached hydrogens (tertiary/aromatic N) is 2. The summed E-state index contributed by atoms with van der Waals surface area (Å²) in [5.41, 5.74) is 0.915. The average Bonchev–Trinajstić information content (AvgIpc) is 2.70. The van der Waals surface area contributed by atoms with Crippen LogP contribution in [-0.2, 0) is 16.8 Å². The minimum absolute atomic E-state index is 0.104. The number of aromatic nitrogens is 2. The Morgan fingerprint density at radius 1 is 1.30 bits per heavy atom. The van der Waals surface area contributed by atoms with Gasteiger partial charge in [0.25, 0.3) is 5.56 Å².